The molecule has 1 atom stereocenters. The maximum absolute atomic E-state index is 9.02. The average Bonchev–Trinajstić information content (AvgIpc) is 2.97. The Morgan fingerprint density at radius 2 is 1.67 bits per heavy atom. The summed E-state index contributed by atoms with van der Waals surface area (Å²) in [5.41, 5.74) is 3.92. The molecule has 0 bridgehead atoms. The first kappa shape index (κ1) is 14.3. The number of hydrogen-bond acceptors (Lipinski definition) is 2. The van der Waals surface area contributed by atoms with Crippen molar-refractivity contribution in [2.24, 2.45) is 5.92 Å². The third kappa shape index (κ3) is 3.72. The quantitative estimate of drug-likeness (QED) is 0.906. The molecule has 0 aromatic heterocycles. The van der Waals surface area contributed by atoms with Crippen molar-refractivity contribution in [3.8, 4) is 11.1 Å². The van der Waals surface area contributed by atoms with Crippen molar-refractivity contribution in [1.82, 2.24) is 4.90 Å². The average molecular weight is 281 g/mol. The van der Waals surface area contributed by atoms with Gasteiger partial charge in [-0.25, -0.2) is 0 Å². The van der Waals surface area contributed by atoms with Gasteiger partial charge in [-0.2, -0.15) is 0 Å². The predicted octanol–water partition coefficient (Wildman–Crippen LogP) is 3.56. The van der Waals surface area contributed by atoms with Crippen LogP contribution in [0.1, 0.15) is 18.4 Å². The van der Waals surface area contributed by atoms with E-state index in [9.17, 15) is 0 Å². The van der Waals surface area contributed by atoms with Crippen LogP contribution in [-0.4, -0.2) is 29.7 Å². The molecule has 1 fully saturated rings. The lowest BCUT2D eigenvalue weighted by Crippen LogP contribution is -2.20. The summed E-state index contributed by atoms with van der Waals surface area (Å²) in [5.74, 6) is 0.679. The van der Waals surface area contributed by atoms with Gasteiger partial charge in [0.2, 0.25) is 0 Å². The summed E-state index contributed by atoms with van der Waals surface area (Å²) in [4.78, 5) is 2.50. The molecule has 0 spiro atoms. The van der Waals surface area contributed by atoms with E-state index >= 15 is 0 Å². The van der Waals surface area contributed by atoms with Crippen LogP contribution < -0.4 is 0 Å². The molecule has 2 nitrogen and oxygen atoms in total. The number of rotatable bonds is 5. The fourth-order valence-corrected chi connectivity index (χ4v) is 3.17. The van der Waals surface area contributed by atoms with Crippen molar-refractivity contribution in [2.75, 3.05) is 19.7 Å². The molecule has 1 aliphatic rings. The minimum atomic E-state index is 0.324. The van der Waals surface area contributed by atoms with Gasteiger partial charge >= 0.3 is 0 Å². The molecular weight excluding hydrogens is 258 g/mol. The second-order valence-electron chi connectivity index (χ2n) is 5.97. The van der Waals surface area contributed by atoms with Crippen LogP contribution in [0.4, 0.5) is 0 Å². The zero-order chi connectivity index (χ0) is 14.5. The van der Waals surface area contributed by atoms with E-state index in [0.29, 0.717) is 12.5 Å². The van der Waals surface area contributed by atoms with Crippen molar-refractivity contribution < 1.29 is 5.11 Å². The number of aliphatic hydroxyl groups is 1. The summed E-state index contributed by atoms with van der Waals surface area (Å²) >= 11 is 0. The van der Waals surface area contributed by atoms with E-state index in [2.05, 4.69) is 53.4 Å². The smallest absolute Gasteiger partial charge is 0.0434 e. The highest BCUT2D eigenvalue weighted by Crippen LogP contribution is 2.23. The molecule has 1 N–H and O–H groups in total. The number of nitrogens with zero attached hydrogens (tertiary/aromatic N) is 1. The largest absolute Gasteiger partial charge is 0.396 e. The van der Waals surface area contributed by atoms with E-state index in [1.807, 2.05) is 6.07 Å². The Bertz CT molecular complexity index is 550. The van der Waals surface area contributed by atoms with E-state index in [4.69, 9.17) is 5.11 Å². The minimum absolute atomic E-state index is 0.324. The van der Waals surface area contributed by atoms with Crippen molar-refractivity contribution in [3.05, 3.63) is 60.2 Å². The maximum Gasteiger partial charge on any atom is 0.0434 e. The number of hydrogen-bond donors (Lipinski definition) is 1. The fraction of sp³-hybridized carbons (Fsp3) is 0.368. The van der Waals surface area contributed by atoms with Gasteiger partial charge in [-0.3, -0.25) is 4.90 Å². The molecule has 3 rings (SSSR count). The van der Waals surface area contributed by atoms with Crippen LogP contribution in [0, 0.1) is 5.92 Å². The Hall–Kier alpha value is -1.64. The fourth-order valence-electron chi connectivity index (χ4n) is 3.17. The number of benzene rings is 2. The van der Waals surface area contributed by atoms with Crippen LogP contribution in [-0.2, 0) is 6.54 Å². The second kappa shape index (κ2) is 6.88. The highest BCUT2D eigenvalue weighted by molar-refractivity contribution is 5.63. The Morgan fingerprint density at radius 3 is 2.38 bits per heavy atom. The third-order valence-electron chi connectivity index (χ3n) is 4.37. The monoisotopic (exact) mass is 281 g/mol. The molecule has 0 saturated carbocycles. The molecule has 2 aromatic carbocycles. The lowest BCUT2D eigenvalue weighted by atomic mass is 10.0. The first-order valence-corrected chi connectivity index (χ1v) is 7.83. The van der Waals surface area contributed by atoms with E-state index in [-0.39, 0.29) is 0 Å². The van der Waals surface area contributed by atoms with E-state index < -0.39 is 0 Å². The SMILES string of the molecule is OCCC1CCN(Cc2ccc(-c3ccccc3)cc2)C1. The molecule has 1 unspecified atom stereocenters. The molecule has 0 aliphatic carbocycles. The Kier molecular flexibility index (Phi) is 4.69. The topological polar surface area (TPSA) is 23.5 Å². The van der Waals surface area contributed by atoms with Gasteiger partial charge in [-0.05, 0) is 42.0 Å². The molecule has 0 radical (unpaired) electrons. The van der Waals surface area contributed by atoms with E-state index in [1.54, 1.807) is 0 Å². The number of likely N-dealkylation sites (tertiary alicyclic amines) is 1. The molecule has 2 aromatic rings. The van der Waals surface area contributed by atoms with Gasteiger partial charge in [0.15, 0.2) is 0 Å². The maximum atomic E-state index is 9.02. The zero-order valence-electron chi connectivity index (χ0n) is 12.4. The van der Waals surface area contributed by atoms with Gasteiger partial charge in [0.1, 0.15) is 0 Å². The molecule has 1 saturated heterocycles. The molecule has 21 heavy (non-hydrogen) atoms. The van der Waals surface area contributed by atoms with Crippen LogP contribution in [0.25, 0.3) is 11.1 Å². The first-order valence-electron chi connectivity index (χ1n) is 7.83. The molecule has 1 aliphatic heterocycles. The summed E-state index contributed by atoms with van der Waals surface area (Å²) in [6.07, 6.45) is 2.17. The van der Waals surface area contributed by atoms with Crippen LogP contribution in [0.2, 0.25) is 0 Å². The summed E-state index contributed by atoms with van der Waals surface area (Å²) in [6.45, 7) is 3.63. The Balaban J connectivity index is 1.60. The van der Waals surface area contributed by atoms with Gasteiger partial charge in [0, 0.05) is 19.7 Å². The summed E-state index contributed by atoms with van der Waals surface area (Å²) in [7, 11) is 0. The van der Waals surface area contributed by atoms with Crippen LogP contribution in [0.15, 0.2) is 54.6 Å². The predicted molar refractivity (Wildman–Crippen MR) is 87.0 cm³/mol. The van der Waals surface area contributed by atoms with E-state index in [1.165, 1.54) is 23.1 Å². The van der Waals surface area contributed by atoms with Gasteiger partial charge in [0.25, 0.3) is 0 Å². The zero-order valence-corrected chi connectivity index (χ0v) is 12.4. The van der Waals surface area contributed by atoms with Crippen LogP contribution in [0.5, 0.6) is 0 Å². The summed E-state index contributed by atoms with van der Waals surface area (Å²) in [5, 5.41) is 9.02. The van der Waals surface area contributed by atoms with Crippen molar-refractivity contribution in [2.45, 2.75) is 19.4 Å². The van der Waals surface area contributed by atoms with Gasteiger partial charge in [-0.15, -0.1) is 0 Å². The lowest BCUT2D eigenvalue weighted by Gasteiger charge is -2.16. The second-order valence-corrected chi connectivity index (χ2v) is 5.97. The molecule has 110 valence electrons. The molecule has 1 heterocycles. The minimum Gasteiger partial charge on any atom is -0.396 e. The summed E-state index contributed by atoms with van der Waals surface area (Å²) in [6, 6.07) is 19.4. The lowest BCUT2D eigenvalue weighted by molar-refractivity contribution is 0.249. The molecular formula is C19H23NO. The highest BCUT2D eigenvalue weighted by atomic mass is 16.3. The number of aliphatic hydroxyl groups excluding tert-OH is 1. The van der Waals surface area contributed by atoms with Gasteiger partial charge in [-0.1, -0.05) is 54.6 Å². The molecule has 0 amide bonds. The van der Waals surface area contributed by atoms with Crippen molar-refractivity contribution in [3.63, 3.8) is 0 Å². The van der Waals surface area contributed by atoms with Gasteiger partial charge in [0.05, 0.1) is 0 Å². The Labute approximate surface area is 127 Å². The molecule has 2 heteroatoms. The third-order valence-corrected chi connectivity index (χ3v) is 4.37. The standard InChI is InChI=1S/C19H23NO/c21-13-11-17-10-12-20(15-17)14-16-6-8-19(9-7-16)18-4-2-1-3-5-18/h1-9,17,21H,10-15H2. The van der Waals surface area contributed by atoms with E-state index in [0.717, 1.165) is 26.1 Å². The van der Waals surface area contributed by atoms with Crippen LogP contribution >= 0.6 is 0 Å². The summed E-state index contributed by atoms with van der Waals surface area (Å²) < 4.78 is 0. The Morgan fingerprint density at radius 1 is 0.952 bits per heavy atom. The van der Waals surface area contributed by atoms with Crippen molar-refractivity contribution in [1.29, 1.82) is 0 Å². The highest BCUT2D eigenvalue weighted by Gasteiger charge is 2.21. The van der Waals surface area contributed by atoms with Crippen molar-refractivity contribution >= 4 is 0 Å². The van der Waals surface area contributed by atoms with Gasteiger partial charge < -0.3 is 5.11 Å². The van der Waals surface area contributed by atoms with Crippen LogP contribution in [0.3, 0.4) is 0 Å². The normalized spacial score (nSPS) is 19.0. The first-order chi connectivity index (χ1) is 10.3.